The van der Waals surface area contributed by atoms with Gasteiger partial charge in [-0.1, -0.05) is 6.92 Å². The largest absolute Gasteiger partial charge is 0.475 e. The van der Waals surface area contributed by atoms with E-state index in [9.17, 15) is 0 Å². The molecule has 2 aliphatic rings. The monoisotopic (exact) mass is 211 g/mol. The quantitative estimate of drug-likeness (QED) is 0.720. The number of epoxide rings is 1. The van der Waals surface area contributed by atoms with Crippen molar-refractivity contribution in [1.29, 1.82) is 0 Å². The van der Waals surface area contributed by atoms with Gasteiger partial charge in [-0.2, -0.15) is 4.98 Å². The third-order valence-electron chi connectivity index (χ3n) is 2.53. The van der Waals surface area contributed by atoms with Crippen LogP contribution in [-0.4, -0.2) is 23.8 Å². The summed E-state index contributed by atoms with van der Waals surface area (Å²) in [6, 6.07) is 0. The van der Waals surface area contributed by atoms with Gasteiger partial charge in [-0.15, -0.1) is 0 Å². The van der Waals surface area contributed by atoms with Gasteiger partial charge in [-0.3, -0.25) is 0 Å². The van der Waals surface area contributed by atoms with Crippen LogP contribution in [0, 0.1) is 0 Å². The van der Waals surface area contributed by atoms with Gasteiger partial charge in [0.15, 0.2) is 12.7 Å². The van der Waals surface area contributed by atoms with Crippen molar-refractivity contribution in [2.75, 3.05) is 6.61 Å². The first kappa shape index (κ1) is 10.5. The fourth-order valence-corrected chi connectivity index (χ4v) is 1.69. The highest BCUT2D eigenvalue weighted by Gasteiger charge is 2.42. The summed E-state index contributed by atoms with van der Waals surface area (Å²) in [5.41, 5.74) is 0. The van der Waals surface area contributed by atoms with E-state index in [0.717, 1.165) is 6.42 Å². The van der Waals surface area contributed by atoms with E-state index in [4.69, 9.17) is 9.47 Å². The predicted octanol–water partition coefficient (Wildman–Crippen LogP) is 2.40. The van der Waals surface area contributed by atoms with E-state index < -0.39 is 0 Å². The molecule has 15 heavy (non-hydrogen) atoms. The number of rotatable bonds is 3. The van der Waals surface area contributed by atoms with E-state index in [-0.39, 0.29) is 0 Å². The Balaban J connectivity index is 0.000000121. The van der Waals surface area contributed by atoms with Crippen molar-refractivity contribution < 1.29 is 13.9 Å². The third kappa shape index (κ3) is 3.23. The zero-order valence-corrected chi connectivity index (χ0v) is 9.02. The van der Waals surface area contributed by atoms with Crippen LogP contribution in [0.15, 0.2) is 17.1 Å². The number of aromatic nitrogens is 1. The zero-order chi connectivity index (χ0) is 10.5. The molecule has 0 radical (unpaired) electrons. The minimum Gasteiger partial charge on any atom is -0.475 e. The highest BCUT2D eigenvalue weighted by molar-refractivity contribution is 4.97. The van der Waals surface area contributed by atoms with Gasteiger partial charge < -0.3 is 13.9 Å². The summed E-state index contributed by atoms with van der Waals surface area (Å²) in [4.78, 5) is 3.76. The van der Waals surface area contributed by atoms with Crippen LogP contribution in [0.5, 0.6) is 5.88 Å². The number of fused-ring (bicyclic) bond motifs is 1. The van der Waals surface area contributed by atoms with E-state index >= 15 is 0 Å². The number of hydrogen-bond acceptors (Lipinski definition) is 4. The molecule has 1 saturated carbocycles. The smallest absolute Gasteiger partial charge is 0.252 e. The molecule has 0 aromatic carbocycles. The van der Waals surface area contributed by atoms with Crippen LogP contribution in [0.2, 0.25) is 0 Å². The van der Waals surface area contributed by atoms with Crippen LogP contribution in [0.4, 0.5) is 0 Å². The normalized spacial score (nSPS) is 26.5. The van der Waals surface area contributed by atoms with Crippen LogP contribution < -0.4 is 4.74 Å². The summed E-state index contributed by atoms with van der Waals surface area (Å²) in [6.45, 7) is 2.74. The SMILES string of the molecule is C1CC2OC2C1.CCCOc1cocn1. The molecule has 2 unspecified atom stereocenters. The first-order valence-corrected chi connectivity index (χ1v) is 5.56. The Morgan fingerprint density at radius 1 is 1.47 bits per heavy atom. The molecule has 1 aromatic heterocycles. The zero-order valence-electron chi connectivity index (χ0n) is 9.02. The van der Waals surface area contributed by atoms with Crippen LogP contribution in [0.3, 0.4) is 0 Å². The second-order valence-electron chi connectivity index (χ2n) is 3.82. The third-order valence-corrected chi connectivity index (χ3v) is 2.53. The maximum atomic E-state index is 5.15. The average Bonchev–Trinajstić information content (AvgIpc) is 2.75. The minimum atomic E-state index is 0.567. The van der Waals surface area contributed by atoms with Gasteiger partial charge in [0.25, 0.3) is 5.88 Å². The lowest BCUT2D eigenvalue weighted by Gasteiger charge is -1.95. The van der Waals surface area contributed by atoms with Gasteiger partial charge in [-0.05, 0) is 25.7 Å². The molecule has 0 spiro atoms. The molecule has 0 amide bonds. The topological polar surface area (TPSA) is 47.8 Å². The summed E-state index contributed by atoms with van der Waals surface area (Å²) >= 11 is 0. The molecule has 0 N–H and O–H groups in total. The molecule has 4 nitrogen and oxygen atoms in total. The molecule has 84 valence electrons. The number of oxazole rings is 1. The molecular formula is C11H17NO3. The Hall–Kier alpha value is -1.03. The molecule has 4 heteroatoms. The summed E-state index contributed by atoms with van der Waals surface area (Å²) in [5.74, 6) is 0.567. The number of ether oxygens (including phenoxy) is 2. The fraction of sp³-hybridized carbons (Fsp3) is 0.727. The molecule has 1 aromatic rings. The number of nitrogens with zero attached hydrogens (tertiary/aromatic N) is 1. The van der Waals surface area contributed by atoms with Crippen LogP contribution in [0.1, 0.15) is 32.6 Å². The predicted molar refractivity (Wildman–Crippen MR) is 54.8 cm³/mol. The Bertz CT molecular complexity index is 265. The summed E-state index contributed by atoms with van der Waals surface area (Å²) in [6.07, 6.45) is 9.34. The highest BCUT2D eigenvalue weighted by atomic mass is 16.6. The van der Waals surface area contributed by atoms with Crippen molar-refractivity contribution in [1.82, 2.24) is 4.98 Å². The van der Waals surface area contributed by atoms with Gasteiger partial charge in [-0.25, -0.2) is 0 Å². The van der Waals surface area contributed by atoms with Gasteiger partial charge in [0.05, 0.1) is 18.8 Å². The van der Waals surface area contributed by atoms with Crippen molar-refractivity contribution in [3.05, 3.63) is 12.7 Å². The van der Waals surface area contributed by atoms with E-state index in [1.54, 1.807) is 0 Å². The van der Waals surface area contributed by atoms with Gasteiger partial charge >= 0.3 is 0 Å². The van der Waals surface area contributed by atoms with E-state index in [0.29, 0.717) is 24.7 Å². The van der Waals surface area contributed by atoms with E-state index in [1.807, 2.05) is 6.92 Å². The van der Waals surface area contributed by atoms with Gasteiger partial charge in [0, 0.05) is 0 Å². The number of hydrogen-bond donors (Lipinski definition) is 0. The molecule has 2 heterocycles. The van der Waals surface area contributed by atoms with Crippen LogP contribution >= 0.6 is 0 Å². The maximum Gasteiger partial charge on any atom is 0.252 e. The Morgan fingerprint density at radius 2 is 2.27 bits per heavy atom. The first-order valence-electron chi connectivity index (χ1n) is 5.56. The van der Waals surface area contributed by atoms with Crippen molar-refractivity contribution in [3.63, 3.8) is 0 Å². The lowest BCUT2D eigenvalue weighted by molar-refractivity contribution is 0.304. The van der Waals surface area contributed by atoms with Crippen molar-refractivity contribution in [2.45, 2.75) is 44.8 Å². The van der Waals surface area contributed by atoms with Crippen molar-refractivity contribution in [2.24, 2.45) is 0 Å². The molecule has 1 aliphatic carbocycles. The molecular weight excluding hydrogens is 194 g/mol. The lowest BCUT2D eigenvalue weighted by atomic mass is 10.4. The lowest BCUT2D eigenvalue weighted by Crippen LogP contribution is -1.93. The Labute approximate surface area is 89.6 Å². The minimum absolute atomic E-state index is 0.567. The first-order chi connectivity index (χ1) is 7.40. The summed E-state index contributed by atoms with van der Waals surface area (Å²) in [5, 5.41) is 0. The Kier molecular flexibility index (Phi) is 3.61. The van der Waals surface area contributed by atoms with Crippen molar-refractivity contribution >= 4 is 0 Å². The Morgan fingerprint density at radius 3 is 2.67 bits per heavy atom. The second-order valence-corrected chi connectivity index (χ2v) is 3.82. The van der Waals surface area contributed by atoms with Gasteiger partial charge in [0.1, 0.15) is 0 Å². The summed E-state index contributed by atoms with van der Waals surface area (Å²) in [7, 11) is 0. The molecule has 0 bridgehead atoms. The van der Waals surface area contributed by atoms with Crippen LogP contribution in [-0.2, 0) is 4.74 Å². The van der Waals surface area contributed by atoms with Crippen molar-refractivity contribution in [3.8, 4) is 5.88 Å². The average molecular weight is 211 g/mol. The van der Waals surface area contributed by atoms with E-state index in [1.165, 1.54) is 31.9 Å². The fourth-order valence-electron chi connectivity index (χ4n) is 1.69. The highest BCUT2D eigenvalue weighted by Crippen LogP contribution is 2.37. The van der Waals surface area contributed by atoms with Crippen LogP contribution in [0.25, 0.3) is 0 Å². The molecule has 2 atom stereocenters. The molecule has 1 aliphatic heterocycles. The second kappa shape index (κ2) is 5.16. The maximum absolute atomic E-state index is 5.15. The molecule has 2 fully saturated rings. The van der Waals surface area contributed by atoms with E-state index in [2.05, 4.69) is 9.40 Å². The van der Waals surface area contributed by atoms with Gasteiger partial charge in [0.2, 0.25) is 0 Å². The standard InChI is InChI=1S/C6H9NO2.C5H8O/c1-2-3-9-6-4-8-5-7-6;1-2-4-5(3-1)6-4/h4-5H,2-3H2,1H3;4-5H,1-3H2. The molecule has 1 saturated heterocycles. The summed E-state index contributed by atoms with van der Waals surface area (Å²) < 4.78 is 14.9. The molecule has 3 rings (SSSR count).